The second kappa shape index (κ2) is 4.53. The molecule has 1 saturated heterocycles. The van der Waals surface area contributed by atoms with Crippen molar-refractivity contribution in [2.45, 2.75) is 24.4 Å². The summed E-state index contributed by atoms with van der Waals surface area (Å²) in [4.78, 5) is 26.7. The van der Waals surface area contributed by atoms with Gasteiger partial charge in [0.25, 0.3) is 5.56 Å². The molecule has 0 spiro atoms. The number of anilines is 1. The summed E-state index contributed by atoms with van der Waals surface area (Å²) < 4.78 is 5.15. The van der Waals surface area contributed by atoms with Crippen LogP contribution in [0.1, 0.15) is 11.7 Å². The number of hydrogen-bond donors (Lipinski definition) is 6. The molecule has 100 valence electrons. The molecular weight excluding hydrogens is 246 g/mol. The predicted molar refractivity (Wildman–Crippen MR) is 58.8 cm³/mol. The maximum absolute atomic E-state index is 11.6. The topological polar surface area (TPSA) is 162 Å². The van der Waals surface area contributed by atoms with Gasteiger partial charge in [0.05, 0.1) is 12.2 Å². The zero-order chi connectivity index (χ0) is 13.4. The van der Waals surface area contributed by atoms with Gasteiger partial charge in [0.15, 0.2) is 0 Å². The Kier molecular flexibility index (Phi) is 3.22. The fourth-order valence-electron chi connectivity index (χ4n) is 1.93. The highest BCUT2D eigenvalue weighted by Gasteiger charge is 2.45. The summed E-state index contributed by atoms with van der Waals surface area (Å²) in [6.07, 6.45) is -4.99. The first-order valence-electron chi connectivity index (χ1n) is 5.20. The molecule has 1 aliphatic heterocycles. The fraction of sp³-hybridized carbons (Fsp3) is 0.556. The van der Waals surface area contributed by atoms with Crippen molar-refractivity contribution < 1.29 is 20.1 Å². The van der Waals surface area contributed by atoms with Crippen molar-refractivity contribution in [3.05, 3.63) is 26.4 Å². The van der Waals surface area contributed by atoms with Gasteiger partial charge in [-0.3, -0.25) is 14.8 Å². The smallest absolute Gasteiger partial charge is 0.327 e. The Bertz CT molecular complexity index is 552. The van der Waals surface area contributed by atoms with Crippen molar-refractivity contribution in [3.63, 3.8) is 0 Å². The van der Waals surface area contributed by atoms with Gasteiger partial charge in [-0.1, -0.05) is 0 Å². The average molecular weight is 259 g/mol. The normalized spacial score (nSPS) is 31.7. The lowest BCUT2D eigenvalue weighted by Crippen LogP contribution is -2.34. The number of aliphatic hydroxyl groups is 3. The third-order valence-electron chi connectivity index (χ3n) is 2.84. The Balaban J connectivity index is 2.45. The highest BCUT2D eigenvalue weighted by Crippen LogP contribution is 2.33. The van der Waals surface area contributed by atoms with Crippen LogP contribution in [0.3, 0.4) is 0 Å². The van der Waals surface area contributed by atoms with E-state index in [1.54, 1.807) is 0 Å². The molecule has 9 nitrogen and oxygen atoms in total. The lowest BCUT2D eigenvalue weighted by molar-refractivity contribution is -0.0230. The summed E-state index contributed by atoms with van der Waals surface area (Å²) >= 11 is 0. The van der Waals surface area contributed by atoms with E-state index in [4.69, 9.17) is 15.6 Å². The van der Waals surface area contributed by atoms with Crippen molar-refractivity contribution in [3.8, 4) is 0 Å². The second-order valence-corrected chi connectivity index (χ2v) is 3.99. The molecule has 0 amide bonds. The number of aromatic nitrogens is 2. The quantitative estimate of drug-likeness (QED) is 0.326. The van der Waals surface area contributed by atoms with Gasteiger partial charge in [-0.25, -0.2) is 4.79 Å². The molecule has 1 aromatic heterocycles. The number of nitrogen functional groups attached to an aromatic ring is 1. The number of H-pyrrole nitrogens is 2. The van der Waals surface area contributed by atoms with Gasteiger partial charge in [-0.15, -0.1) is 0 Å². The minimum absolute atomic E-state index is 0.183. The molecule has 0 saturated carbocycles. The van der Waals surface area contributed by atoms with E-state index in [-0.39, 0.29) is 11.4 Å². The number of rotatable bonds is 2. The van der Waals surface area contributed by atoms with E-state index < -0.39 is 42.3 Å². The molecule has 0 bridgehead atoms. The molecule has 1 aliphatic rings. The van der Waals surface area contributed by atoms with Gasteiger partial charge < -0.3 is 25.8 Å². The maximum Gasteiger partial charge on any atom is 0.327 e. The summed E-state index contributed by atoms with van der Waals surface area (Å²) in [5.41, 5.74) is 3.70. The van der Waals surface area contributed by atoms with Gasteiger partial charge in [0, 0.05) is 0 Å². The largest absolute Gasteiger partial charge is 0.394 e. The van der Waals surface area contributed by atoms with Crippen LogP contribution in [-0.2, 0) is 4.74 Å². The third kappa shape index (κ3) is 1.93. The van der Waals surface area contributed by atoms with Crippen LogP contribution in [0.2, 0.25) is 0 Å². The van der Waals surface area contributed by atoms with E-state index in [1.165, 1.54) is 0 Å². The minimum atomic E-state index is -1.42. The zero-order valence-corrected chi connectivity index (χ0v) is 9.16. The molecule has 18 heavy (non-hydrogen) atoms. The van der Waals surface area contributed by atoms with E-state index in [1.807, 2.05) is 4.98 Å². The molecule has 0 aromatic carbocycles. The Hall–Kier alpha value is -1.68. The van der Waals surface area contributed by atoms with Crippen LogP contribution in [0.15, 0.2) is 9.59 Å². The minimum Gasteiger partial charge on any atom is -0.394 e. The van der Waals surface area contributed by atoms with E-state index >= 15 is 0 Å². The number of ether oxygens (including phenoxy) is 1. The van der Waals surface area contributed by atoms with Crippen molar-refractivity contribution in [2.75, 3.05) is 12.3 Å². The number of nitrogens with one attached hydrogen (secondary N) is 2. The van der Waals surface area contributed by atoms with Crippen LogP contribution in [0.4, 0.5) is 5.82 Å². The van der Waals surface area contributed by atoms with Gasteiger partial charge in [0.1, 0.15) is 30.2 Å². The standard InChI is InChI=1S/C9H13N3O6/c10-7-3(8(16)12-9(17)11-7)6-5(15)4(14)2(1-13)18-6/h2,4-6,13-15H,1H2,(H4,10,11,12,16,17)/t2-,4-,5-,6+/m1/s1. The van der Waals surface area contributed by atoms with Crippen LogP contribution in [-0.4, -0.2) is 50.2 Å². The fourth-order valence-corrected chi connectivity index (χ4v) is 1.93. The summed E-state index contributed by atoms with van der Waals surface area (Å²) in [7, 11) is 0. The van der Waals surface area contributed by atoms with Crippen LogP contribution in [0.5, 0.6) is 0 Å². The summed E-state index contributed by atoms with van der Waals surface area (Å²) in [5, 5.41) is 28.2. The molecule has 2 heterocycles. The third-order valence-corrected chi connectivity index (χ3v) is 2.84. The van der Waals surface area contributed by atoms with Crippen LogP contribution in [0.25, 0.3) is 0 Å². The van der Waals surface area contributed by atoms with Gasteiger partial charge >= 0.3 is 5.69 Å². The number of hydrogen-bond acceptors (Lipinski definition) is 7. The monoisotopic (exact) mass is 259 g/mol. The van der Waals surface area contributed by atoms with Crippen molar-refractivity contribution in [1.29, 1.82) is 0 Å². The lowest BCUT2D eigenvalue weighted by atomic mass is 10.0. The molecule has 7 N–H and O–H groups in total. The Morgan fingerprint density at radius 1 is 1.22 bits per heavy atom. The van der Waals surface area contributed by atoms with Crippen LogP contribution in [0, 0.1) is 0 Å². The van der Waals surface area contributed by atoms with Crippen molar-refractivity contribution in [1.82, 2.24) is 9.97 Å². The van der Waals surface area contributed by atoms with Gasteiger partial charge in [-0.2, -0.15) is 0 Å². The molecule has 2 rings (SSSR count). The van der Waals surface area contributed by atoms with Crippen LogP contribution >= 0.6 is 0 Å². The van der Waals surface area contributed by atoms with Crippen molar-refractivity contribution >= 4 is 5.82 Å². The molecule has 1 fully saturated rings. The lowest BCUT2D eigenvalue weighted by Gasteiger charge is -2.15. The predicted octanol–water partition coefficient (Wildman–Crippen LogP) is -3.20. The Labute approximate surface area is 99.8 Å². The van der Waals surface area contributed by atoms with E-state index in [9.17, 15) is 19.8 Å². The number of aromatic amines is 2. The second-order valence-electron chi connectivity index (χ2n) is 3.99. The van der Waals surface area contributed by atoms with Crippen molar-refractivity contribution in [2.24, 2.45) is 0 Å². The van der Waals surface area contributed by atoms with E-state index in [0.29, 0.717) is 0 Å². The zero-order valence-electron chi connectivity index (χ0n) is 9.16. The van der Waals surface area contributed by atoms with Crippen LogP contribution < -0.4 is 17.0 Å². The molecule has 0 unspecified atom stereocenters. The van der Waals surface area contributed by atoms with E-state index in [2.05, 4.69) is 4.98 Å². The Morgan fingerprint density at radius 3 is 2.39 bits per heavy atom. The van der Waals surface area contributed by atoms with Gasteiger partial charge in [0.2, 0.25) is 0 Å². The maximum atomic E-state index is 11.6. The summed E-state index contributed by atoms with van der Waals surface area (Å²) in [6.45, 7) is -0.518. The molecular formula is C9H13N3O6. The summed E-state index contributed by atoms with van der Waals surface area (Å²) in [6, 6.07) is 0. The first kappa shape index (κ1) is 12.8. The molecule has 1 aromatic rings. The molecule has 9 heteroatoms. The number of aliphatic hydroxyl groups excluding tert-OH is 3. The molecule has 4 atom stereocenters. The SMILES string of the molecule is Nc1[nH]c(=O)[nH]c(=O)c1[C@@H]1O[C@H](CO)[C@@H](O)[C@H]1O. The first-order chi connectivity index (χ1) is 8.45. The average Bonchev–Trinajstić information content (AvgIpc) is 2.56. The first-order valence-corrected chi connectivity index (χ1v) is 5.20. The summed E-state index contributed by atoms with van der Waals surface area (Å²) in [5.74, 6) is -0.251. The highest BCUT2D eigenvalue weighted by molar-refractivity contribution is 5.39. The molecule has 0 radical (unpaired) electrons. The Morgan fingerprint density at radius 2 is 1.89 bits per heavy atom. The number of nitrogens with two attached hydrogens (primary N) is 1. The molecule has 0 aliphatic carbocycles. The van der Waals surface area contributed by atoms with Gasteiger partial charge in [-0.05, 0) is 0 Å². The van der Waals surface area contributed by atoms with E-state index in [0.717, 1.165) is 0 Å². The highest BCUT2D eigenvalue weighted by atomic mass is 16.6.